The highest BCUT2D eigenvalue weighted by Crippen LogP contribution is 2.39. The second kappa shape index (κ2) is 9.52. The van der Waals surface area contributed by atoms with Crippen LogP contribution in [-0.4, -0.2) is 53.1 Å². The molecule has 2 fully saturated rings. The van der Waals surface area contributed by atoms with E-state index < -0.39 is 0 Å². The number of nitrogens with zero attached hydrogens (tertiary/aromatic N) is 2. The third kappa shape index (κ3) is 5.20. The minimum Gasteiger partial charge on any atom is -0.392 e. The summed E-state index contributed by atoms with van der Waals surface area (Å²) >= 11 is 0. The van der Waals surface area contributed by atoms with Crippen LogP contribution in [0.3, 0.4) is 0 Å². The van der Waals surface area contributed by atoms with Crippen molar-refractivity contribution in [1.29, 1.82) is 0 Å². The van der Waals surface area contributed by atoms with Crippen LogP contribution in [0.5, 0.6) is 0 Å². The number of allylic oxidation sites excluding steroid dienone is 2. The summed E-state index contributed by atoms with van der Waals surface area (Å²) in [7, 11) is 0. The van der Waals surface area contributed by atoms with Gasteiger partial charge in [-0.25, -0.2) is 0 Å². The zero-order chi connectivity index (χ0) is 19.1. The van der Waals surface area contributed by atoms with Crippen molar-refractivity contribution in [3.8, 4) is 0 Å². The third-order valence-electron chi connectivity index (χ3n) is 6.17. The number of aliphatic hydroxyl groups excluding tert-OH is 1. The maximum Gasteiger partial charge on any atom is 0.222 e. The van der Waals surface area contributed by atoms with Gasteiger partial charge in [0.2, 0.25) is 5.91 Å². The molecule has 2 saturated heterocycles. The lowest BCUT2D eigenvalue weighted by Crippen LogP contribution is -2.59. The molecular weight excluding hydrogens is 336 g/mol. The van der Waals surface area contributed by atoms with Crippen molar-refractivity contribution < 1.29 is 9.90 Å². The molecule has 2 aliphatic rings. The van der Waals surface area contributed by atoms with E-state index in [-0.39, 0.29) is 17.4 Å². The number of benzene rings is 1. The smallest absolute Gasteiger partial charge is 0.222 e. The summed E-state index contributed by atoms with van der Waals surface area (Å²) in [6.45, 7) is 6.30. The van der Waals surface area contributed by atoms with E-state index in [1.54, 1.807) is 0 Å². The molecule has 0 saturated carbocycles. The summed E-state index contributed by atoms with van der Waals surface area (Å²) in [5.41, 5.74) is 1.15. The molecule has 0 unspecified atom stereocenters. The Labute approximate surface area is 163 Å². The normalized spacial score (nSPS) is 26.7. The van der Waals surface area contributed by atoms with Crippen LogP contribution >= 0.6 is 0 Å². The van der Waals surface area contributed by atoms with Crippen molar-refractivity contribution in [3.05, 3.63) is 48.0 Å². The third-order valence-corrected chi connectivity index (χ3v) is 6.17. The first kappa shape index (κ1) is 20.1. The first-order valence-electron chi connectivity index (χ1n) is 10.5. The summed E-state index contributed by atoms with van der Waals surface area (Å²) < 4.78 is 0. The Morgan fingerprint density at radius 3 is 2.85 bits per heavy atom. The van der Waals surface area contributed by atoms with Gasteiger partial charge in [0.25, 0.3) is 0 Å². The molecule has 1 N–H and O–H groups in total. The second-order valence-corrected chi connectivity index (χ2v) is 8.24. The lowest BCUT2D eigenvalue weighted by atomic mass is 9.71. The summed E-state index contributed by atoms with van der Waals surface area (Å²) in [6.07, 6.45) is 9.17. The van der Waals surface area contributed by atoms with Crippen molar-refractivity contribution >= 4 is 5.91 Å². The van der Waals surface area contributed by atoms with Gasteiger partial charge in [-0.15, -0.1) is 0 Å². The largest absolute Gasteiger partial charge is 0.392 e. The topological polar surface area (TPSA) is 43.8 Å². The summed E-state index contributed by atoms with van der Waals surface area (Å²) in [6, 6.07) is 10.5. The Bertz CT molecular complexity index is 631. The maximum atomic E-state index is 12.7. The number of hydrogen-bond donors (Lipinski definition) is 1. The van der Waals surface area contributed by atoms with Gasteiger partial charge in [-0.3, -0.25) is 9.69 Å². The Kier molecular flexibility index (Phi) is 7.08. The fourth-order valence-corrected chi connectivity index (χ4v) is 4.69. The highest BCUT2D eigenvalue weighted by atomic mass is 16.3. The van der Waals surface area contributed by atoms with Crippen molar-refractivity contribution in [3.63, 3.8) is 0 Å². The monoisotopic (exact) mass is 370 g/mol. The number of likely N-dealkylation sites (tertiary alicyclic amines) is 2. The van der Waals surface area contributed by atoms with Crippen LogP contribution in [0.2, 0.25) is 0 Å². The standard InChI is InChI=1S/C23H34N2O2/c1-2-3-4-8-12-22(27)25-15-9-14-23(19-25)18-24(16-13-21(23)26)17-20-10-6-5-7-11-20/h2-3,5-7,10-11,21,26H,4,8-9,12-19H2,1H3/b3-2+/t21-,23-/m1/s1. The van der Waals surface area contributed by atoms with E-state index in [1.165, 1.54) is 5.56 Å². The van der Waals surface area contributed by atoms with Crippen LogP contribution in [0, 0.1) is 5.41 Å². The summed E-state index contributed by atoms with van der Waals surface area (Å²) in [5, 5.41) is 10.8. The van der Waals surface area contributed by atoms with Crippen molar-refractivity contribution in [2.45, 2.75) is 58.1 Å². The van der Waals surface area contributed by atoms with E-state index in [4.69, 9.17) is 0 Å². The predicted molar refractivity (Wildman–Crippen MR) is 109 cm³/mol. The zero-order valence-electron chi connectivity index (χ0n) is 16.6. The van der Waals surface area contributed by atoms with Crippen molar-refractivity contribution in [1.82, 2.24) is 9.80 Å². The second-order valence-electron chi connectivity index (χ2n) is 8.24. The number of amides is 1. The fraction of sp³-hybridized carbons (Fsp3) is 0.609. The van der Waals surface area contributed by atoms with E-state index in [0.717, 1.165) is 58.3 Å². The number of carbonyl (C=O) groups is 1. The minimum atomic E-state index is -0.303. The number of rotatable bonds is 6. The van der Waals surface area contributed by atoms with Gasteiger partial charge in [0.1, 0.15) is 0 Å². The van der Waals surface area contributed by atoms with Gasteiger partial charge < -0.3 is 10.0 Å². The first-order chi connectivity index (χ1) is 13.1. The van der Waals surface area contributed by atoms with Gasteiger partial charge in [0.15, 0.2) is 0 Å². The van der Waals surface area contributed by atoms with Crippen LogP contribution in [-0.2, 0) is 11.3 Å². The van der Waals surface area contributed by atoms with Gasteiger partial charge in [-0.1, -0.05) is 42.5 Å². The Morgan fingerprint density at radius 1 is 1.26 bits per heavy atom. The highest BCUT2D eigenvalue weighted by molar-refractivity contribution is 5.76. The molecule has 27 heavy (non-hydrogen) atoms. The average Bonchev–Trinajstić information content (AvgIpc) is 2.69. The number of unbranched alkanes of at least 4 members (excludes halogenated alkanes) is 1. The molecule has 2 heterocycles. The molecule has 148 valence electrons. The molecule has 2 aliphatic heterocycles. The maximum absolute atomic E-state index is 12.7. The molecule has 1 spiro atoms. The van der Waals surface area contributed by atoms with Gasteiger partial charge in [0, 0.05) is 44.6 Å². The molecule has 1 aromatic rings. The van der Waals surface area contributed by atoms with Gasteiger partial charge in [-0.05, 0) is 44.6 Å². The van der Waals surface area contributed by atoms with E-state index in [1.807, 2.05) is 24.0 Å². The lowest BCUT2D eigenvalue weighted by molar-refractivity contribution is -0.141. The molecule has 0 aromatic heterocycles. The number of carbonyl (C=O) groups excluding carboxylic acids is 1. The van der Waals surface area contributed by atoms with Crippen LogP contribution < -0.4 is 0 Å². The van der Waals surface area contributed by atoms with Gasteiger partial charge >= 0.3 is 0 Å². The van der Waals surface area contributed by atoms with Gasteiger partial charge in [0.05, 0.1) is 6.10 Å². The van der Waals surface area contributed by atoms with E-state index in [2.05, 4.69) is 35.2 Å². The molecule has 4 heteroatoms. The molecule has 3 rings (SSSR count). The van der Waals surface area contributed by atoms with Crippen molar-refractivity contribution in [2.75, 3.05) is 26.2 Å². The predicted octanol–water partition coefficient (Wildman–Crippen LogP) is 3.61. The SMILES string of the molecule is C/C=C/CCCC(=O)N1CCC[C@@]2(CN(Cc3ccccc3)CC[C@H]2O)C1. The molecule has 1 amide bonds. The average molecular weight is 371 g/mol. The summed E-state index contributed by atoms with van der Waals surface area (Å²) in [5.74, 6) is 0.256. The van der Waals surface area contributed by atoms with E-state index >= 15 is 0 Å². The van der Waals surface area contributed by atoms with Crippen LogP contribution in [0.1, 0.15) is 51.0 Å². The molecule has 1 aromatic carbocycles. The Hall–Kier alpha value is -1.65. The molecular formula is C23H34N2O2. The van der Waals surface area contributed by atoms with Gasteiger partial charge in [-0.2, -0.15) is 0 Å². The molecule has 2 atom stereocenters. The number of hydrogen-bond acceptors (Lipinski definition) is 3. The first-order valence-corrected chi connectivity index (χ1v) is 10.5. The van der Waals surface area contributed by atoms with Crippen LogP contribution in [0.15, 0.2) is 42.5 Å². The quantitative estimate of drug-likeness (QED) is 0.614. The van der Waals surface area contributed by atoms with E-state index in [0.29, 0.717) is 13.0 Å². The number of piperidine rings is 2. The zero-order valence-corrected chi connectivity index (χ0v) is 16.6. The lowest BCUT2D eigenvalue weighted by Gasteiger charge is -2.51. The number of aliphatic hydroxyl groups is 1. The van der Waals surface area contributed by atoms with Crippen molar-refractivity contribution in [2.24, 2.45) is 5.41 Å². The Morgan fingerprint density at radius 2 is 2.07 bits per heavy atom. The van der Waals surface area contributed by atoms with Crippen LogP contribution in [0.4, 0.5) is 0 Å². The molecule has 0 radical (unpaired) electrons. The summed E-state index contributed by atoms with van der Waals surface area (Å²) in [4.78, 5) is 17.2. The van der Waals surface area contributed by atoms with Crippen LogP contribution in [0.25, 0.3) is 0 Å². The molecule has 0 bridgehead atoms. The molecule has 4 nitrogen and oxygen atoms in total. The Balaban J connectivity index is 1.61. The molecule has 0 aliphatic carbocycles. The highest BCUT2D eigenvalue weighted by Gasteiger charge is 2.46. The minimum absolute atomic E-state index is 0.162. The fourth-order valence-electron chi connectivity index (χ4n) is 4.69. The van der Waals surface area contributed by atoms with E-state index in [9.17, 15) is 9.90 Å².